The van der Waals surface area contributed by atoms with Gasteiger partial charge in [-0.3, -0.25) is 9.59 Å². The van der Waals surface area contributed by atoms with E-state index in [1.165, 1.54) is 6.33 Å². The average molecular weight is 450 g/mol. The highest BCUT2D eigenvalue weighted by Crippen LogP contribution is 2.19. The molecule has 1 aromatic heterocycles. The molecule has 0 atom stereocenters. The Bertz CT molecular complexity index is 1050. The molecule has 2 amide bonds. The first-order valence-corrected chi connectivity index (χ1v) is 10.9. The molecule has 1 aliphatic rings. The Kier molecular flexibility index (Phi) is 7.26. The van der Waals surface area contributed by atoms with Crippen LogP contribution in [0.25, 0.3) is 5.69 Å². The third-order valence-corrected chi connectivity index (χ3v) is 5.50. The topological polar surface area (TPSA) is 105 Å². The Labute approximate surface area is 192 Å². The van der Waals surface area contributed by atoms with Crippen molar-refractivity contribution >= 4 is 23.2 Å². The number of aromatic nitrogens is 4. The zero-order valence-corrected chi connectivity index (χ0v) is 18.6. The van der Waals surface area contributed by atoms with Crippen LogP contribution in [0.4, 0.5) is 11.4 Å². The molecule has 1 aliphatic heterocycles. The van der Waals surface area contributed by atoms with Crippen LogP contribution in [0.5, 0.6) is 0 Å². The minimum Gasteiger partial charge on any atom is -0.378 e. The molecule has 0 saturated carbocycles. The van der Waals surface area contributed by atoms with Crippen LogP contribution in [-0.2, 0) is 20.7 Å². The van der Waals surface area contributed by atoms with Crippen molar-refractivity contribution in [3.05, 3.63) is 60.4 Å². The molecule has 2 aromatic carbocycles. The Morgan fingerprint density at radius 2 is 1.73 bits per heavy atom. The molecule has 10 nitrogen and oxygen atoms in total. The number of hydrogen-bond donors (Lipinski definition) is 1. The highest BCUT2D eigenvalue weighted by molar-refractivity contribution is 5.95. The zero-order valence-electron chi connectivity index (χ0n) is 18.6. The van der Waals surface area contributed by atoms with Gasteiger partial charge in [-0.15, -0.1) is 5.10 Å². The Morgan fingerprint density at radius 3 is 2.36 bits per heavy atom. The lowest BCUT2D eigenvalue weighted by atomic mass is 10.1. The van der Waals surface area contributed by atoms with Gasteiger partial charge in [0.1, 0.15) is 6.33 Å². The summed E-state index contributed by atoms with van der Waals surface area (Å²) in [6.07, 6.45) is 1.72. The number of tetrazole rings is 1. The second kappa shape index (κ2) is 10.7. The van der Waals surface area contributed by atoms with Crippen molar-refractivity contribution in [3.8, 4) is 5.69 Å². The van der Waals surface area contributed by atoms with Gasteiger partial charge in [0.15, 0.2) is 0 Å². The molecule has 10 heteroatoms. The summed E-state index contributed by atoms with van der Waals surface area (Å²) in [4.78, 5) is 29.1. The summed E-state index contributed by atoms with van der Waals surface area (Å²) in [6.45, 7) is 5.49. The lowest BCUT2D eigenvalue weighted by molar-refractivity contribution is -0.133. The predicted octanol–water partition coefficient (Wildman–Crippen LogP) is 1.53. The van der Waals surface area contributed by atoms with Gasteiger partial charge in [-0.25, -0.2) is 4.68 Å². The zero-order chi connectivity index (χ0) is 23.0. The number of likely N-dealkylation sites (N-methyl/N-ethyl adjacent to an activating group) is 1. The number of anilines is 2. The van der Waals surface area contributed by atoms with Crippen molar-refractivity contribution in [1.82, 2.24) is 25.1 Å². The first-order chi connectivity index (χ1) is 16.1. The number of morpholine rings is 1. The van der Waals surface area contributed by atoms with Gasteiger partial charge in [-0.1, -0.05) is 12.1 Å². The number of rotatable bonds is 8. The van der Waals surface area contributed by atoms with Crippen LogP contribution in [0.1, 0.15) is 12.5 Å². The molecule has 1 fully saturated rings. The Balaban J connectivity index is 1.29. The van der Waals surface area contributed by atoms with E-state index >= 15 is 0 Å². The second-order valence-corrected chi connectivity index (χ2v) is 7.70. The molecule has 1 N–H and O–H groups in total. The quantitative estimate of drug-likeness (QED) is 0.556. The maximum Gasteiger partial charge on any atom is 0.243 e. The fraction of sp³-hybridized carbons (Fsp3) is 0.348. The van der Waals surface area contributed by atoms with Crippen molar-refractivity contribution in [1.29, 1.82) is 0 Å². The van der Waals surface area contributed by atoms with E-state index in [1.54, 1.807) is 9.58 Å². The molecule has 172 valence electrons. The fourth-order valence-corrected chi connectivity index (χ4v) is 3.66. The number of carbonyl (C=O) groups excluding carboxylic acids is 2. The summed E-state index contributed by atoms with van der Waals surface area (Å²) in [5.41, 5.74) is 3.48. The standard InChI is InChI=1S/C23H27N7O3/c1-2-28(23(32)15-18-3-7-21(8-4-18)30-17-24-26-27-30)16-22(31)25-19-5-9-20(10-6-19)29-11-13-33-14-12-29/h3-10,17H,2,11-16H2,1H3,(H,25,31). The molecule has 3 aromatic rings. The highest BCUT2D eigenvalue weighted by Gasteiger charge is 2.17. The number of nitrogens with one attached hydrogen (secondary N) is 1. The SMILES string of the molecule is CCN(CC(=O)Nc1ccc(N2CCOCC2)cc1)C(=O)Cc1ccc(-n2cnnn2)cc1. The van der Waals surface area contributed by atoms with Crippen LogP contribution in [0.15, 0.2) is 54.9 Å². The van der Waals surface area contributed by atoms with Crippen molar-refractivity contribution in [3.63, 3.8) is 0 Å². The van der Waals surface area contributed by atoms with E-state index in [0.717, 1.165) is 43.2 Å². The fourth-order valence-electron chi connectivity index (χ4n) is 3.66. The Morgan fingerprint density at radius 1 is 1.03 bits per heavy atom. The summed E-state index contributed by atoms with van der Waals surface area (Å²) in [7, 11) is 0. The van der Waals surface area contributed by atoms with Gasteiger partial charge in [-0.05, 0) is 59.3 Å². The number of amides is 2. The van der Waals surface area contributed by atoms with E-state index in [-0.39, 0.29) is 24.8 Å². The summed E-state index contributed by atoms with van der Waals surface area (Å²) in [5.74, 6) is -0.330. The van der Waals surface area contributed by atoms with Crippen LogP contribution >= 0.6 is 0 Å². The third-order valence-electron chi connectivity index (χ3n) is 5.50. The van der Waals surface area contributed by atoms with E-state index in [1.807, 2.05) is 55.5 Å². The van der Waals surface area contributed by atoms with Crippen LogP contribution in [-0.4, -0.2) is 76.3 Å². The Hall–Kier alpha value is -3.79. The molecule has 0 bridgehead atoms. The van der Waals surface area contributed by atoms with Crippen LogP contribution in [0.2, 0.25) is 0 Å². The van der Waals surface area contributed by atoms with Gasteiger partial charge in [0.05, 0.1) is 31.9 Å². The monoisotopic (exact) mass is 449 g/mol. The number of nitrogens with zero attached hydrogens (tertiary/aromatic N) is 6. The molecule has 0 unspecified atom stereocenters. The summed E-state index contributed by atoms with van der Waals surface area (Å²) in [6, 6.07) is 15.2. The molecular formula is C23H27N7O3. The third kappa shape index (κ3) is 5.92. The number of ether oxygens (including phenoxy) is 1. The normalized spacial score (nSPS) is 13.5. The molecule has 2 heterocycles. The number of carbonyl (C=O) groups is 2. The van der Waals surface area contributed by atoms with Gasteiger partial charge in [0.2, 0.25) is 11.8 Å². The van der Waals surface area contributed by atoms with E-state index in [0.29, 0.717) is 12.2 Å². The van der Waals surface area contributed by atoms with Gasteiger partial charge < -0.3 is 19.9 Å². The van der Waals surface area contributed by atoms with E-state index in [4.69, 9.17) is 4.74 Å². The molecular weight excluding hydrogens is 422 g/mol. The van der Waals surface area contributed by atoms with E-state index in [2.05, 4.69) is 25.7 Å². The predicted molar refractivity (Wildman–Crippen MR) is 123 cm³/mol. The maximum absolute atomic E-state index is 12.8. The smallest absolute Gasteiger partial charge is 0.243 e. The highest BCUT2D eigenvalue weighted by atomic mass is 16.5. The number of benzene rings is 2. The first kappa shape index (κ1) is 22.4. The molecule has 33 heavy (non-hydrogen) atoms. The van der Waals surface area contributed by atoms with Gasteiger partial charge >= 0.3 is 0 Å². The van der Waals surface area contributed by atoms with Crippen molar-refractivity contribution < 1.29 is 14.3 Å². The van der Waals surface area contributed by atoms with E-state index in [9.17, 15) is 9.59 Å². The van der Waals surface area contributed by atoms with Gasteiger partial charge in [0, 0.05) is 31.0 Å². The minimum absolute atomic E-state index is 0.00323. The maximum atomic E-state index is 12.8. The van der Waals surface area contributed by atoms with Gasteiger partial charge in [-0.2, -0.15) is 0 Å². The van der Waals surface area contributed by atoms with Crippen LogP contribution in [0.3, 0.4) is 0 Å². The molecule has 4 rings (SSSR count). The lowest BCUT2D eigenvalue weighted by Gasteiger charge is -2.29. The number of hydrogen-bond acceptors (Lipinski definition) is 7. The van der Waals surface area contributed by atoms with Crippen LogP contribution in [0, 0.1) is 0 Å². The summed E-state index contributed by atoms with van der Waals surface area (Å²) < 4.78 is 6.93. The van der Waals surface area contributed by atoms with Crippen molar-refractivity contribution in [2.75, 3.05) is 49.6 Å². The van der Waals surface area contributed by atoms with E-state index < -0.39 is 0 Å². The van der Waals surface area contributed by atoms with Crippen molar-refractivity contribution in [2.45, 2.75) is 13.3 Å². The first-order valence-electron chi connectivity index (χ1n) is 10.9. The van der Waals surface area contributed by atoms with Crippen molar-refractivity contribution in [2.24, 2.45) is 0 Å². The lowest BCUT2D eigenvalue weighted by Crippen LogP contribution is -2.38. The molecule has 0 radical (unpaired) electrons. The second-order valence-electron chi connectivity index (χ2n) is 7.70. The average Bonchev–Trinajstić information content (AvgIpc) is 3.39. The molecule has 0 aliphatic carbocycles. The van der Waals surface area contributed by atoms with Crippen LogP contribution < -0.4 is 10.2 Å². The largest absolute Gasteiger partial charge is 0.378 e. The molecule has 0 spiro atoms. The van der Waals surface area contributed by atoms with Gasteiger partial charge in [0.25, 0.3) is 0 Å². The molecule has 1 saturated heterocycles. The summed E-state index contributed by atoms with van der Waals surface area (Å²) >= 11 is 0. The summed E-state index contributed by atoms with van der Waals surface area (Å²) in [5, 5.41) is 14.0. The minimum atomic E-state index is -0.224.